The number of ether oxygens (including phenoxy) is 1. The van der Waals surface area contributed by atoms with E-state index in [0.29, 0.717) is 0 Å². The van der Waals surface area contributed by atoms with E-state index in [-0.39, 0.29) is 6.92 Å². The van der Waals surface area contributed by atoms with Crippen molar-refractivity contribution >= 4 is 0 Å². The van der Waals surface area contributed by atoms with Gasteiger partial charge in [-0.15, -0.1) is 0 Å². The van der Waals surface area contributed by atoms with Gasteiger partial charge in [0.05, 0.1) is 6.61 Å². The fraction of sp³-hybridized carbons (Fsp3) is 1.00. The lowest BCUT2D eigenvalue weighted by Crippen LogP contribution is -2.43. The second-order valence-electron chi connectivity index (χ2n) is 2.73. The van der Waals surface area contributed by atoms with E-state index >= 15 is 0 Å². The molecule has 0 aliphatic rings. The highest BCUT2D eigenvalue weighted by atomic mass is 19.4. The summed E-state index contributed by atoms with van der Waals surface area (Å²) in [7, 11) is 0. The van der Waals surface area contributed by atoms with Crippen LogP contribution in [0.2, 0.25) is 0 Å². The van der Waals surface area contributed by atoms with Gasteiger partial charge in [-0.1, -0.05) is 0 Å². The van der Waals surface area contributed by atoms with E-state index in [2.05, 4.69) is 4.74 Å². The SMILES string of the molecule is CC(F)(OCC(F)C(F)(F)F)C(F)(F)F. The lowest BCUT2D eigenvalue weighted by atomic mass is 10.3. The summed E-state index contributed by atoms with van der Waals surface area (Å²) in [6.45, 7) is -2.19. The molecular weight excluding hydrogens is 240 g/mol. The van der Waals surface area contributed by atoms with Gasteiger partial charge in [-0.05, 0) is 0 Å². The Labute approximate surface area is 79.0 Å². The summed E-state index contributed by atoms with van der Waals surface area (Å²) in [6.07, 6.45) is -14.5. The van der Waals surface area contributed by atoms with E-state index in [9.17, 15) is 35.1 Å². The summed E-state index contributed by atoms with van der Waals surface area (Å²) < 4.78 is 97.1. The fourth-order valence-electron chi connectivity index (χ4n) is 0.406. The fourth-order valence-corrected chi connectivity index (χ4v) is 0.406. The summed E-state index contributed by atoms with van der Waals surface area (Å²) in [5.41, 5.74) is 0. The first kappa shape index (κ1) is 14.4. The predicted molar refractivity (Wildman–Crippen MR) is 32.5 cm³/mol. The van der Waals surface area contributed by atoms with Crippen LogP contribution in [0, 0.1) is 0 Å². The smallest absolute Gasteiger partial charge is 0.336 e. The first-order valence-electron chi connectivity index (χ1n) is 3.48. The first-order valence-corrected chi connectivity index (χ1v) is 3.48. The number of halogens is 8. The zero-order chi connectivity index (χ0) is 12.5. The normalized spacial score (nSPS) is 19.8. The van der Waals surface area contributed by atoms with Crippen LogP contribution in [0.25, 0.3) is 0 Å². The topological polar surface area (TPSA) is 9.23 Å². The average molecular weight is 246 g/mol. The second-order valence-corrected chi connectivity index (χ2v) is 2.73. The number of hydrogen-bond acceptors (Lipinski definition) is 1. The molecule has 0 aromatic heterocycles. The van der Waals surface area contributed by atoms with E-state index in [1.54, 1.807) is 0 Å². The van der Waals surface area contributed by atoms with E-state index in [1.165, 1.54) is 0 Å². The molecule has 0 N–H and O–H groups in total. The third-order valence-corrected chi connectivity index (χ3v) is 1.36. The van der Waals surface area contributed by atoms with Crippen molar-refractivity contribution in [3.05, 3.63) is 0 Å². The van der Waals surface area contributed by atoms with Crippen molar-refractivity contribution in [2.24, 2.45) is 0 Å². The van der Waals surface area contributed by atoms with Gasteiger partial charge < -0.3 is 4.74 Å². The molecule has 0 saturated carbocycles. The van der Waals surface area contributed by atoms with E-state index < -0.39 is 31.0 Å². The van der Waals surface area contributed by atoms with E-state index in [4.69, 9.17) is 0 Å². The van der Waals surface area contributed by atoms with Gasteiger partial charge in [0.25, 0.3) is 0 Å². The molecule has 0 aliphatic carbocycles. The summed E-state index contributed by atoms with van der Waals surface area (Å²) in [4.78, 5) is 0. The van der Waals surface area contributed by atoms with Crippen molar-refractivity contribution in [2.45, 2.75) is 31.3 Å². The molecule has 2 atom stereocenters. The van der Waals surface area contributed by atoms with Crippen LogP contribution in [-0.2, 0) is 4.74 Å². The van der Waals surface area contributed by atoms with Gasteiger partial charge in [-0.3, -0.25) is 0 Å². The Hall–Kier alpha value is -0.600. The van der Waals surface area contributed by atoms with Crippen molar-refractivity contribution in [1.82, 2.24) is 0 Å². The van der Waals surface area contributed by atoms with Gasteiger partial charge in [0, 0.05) is 6.92 Å². The van der Waals surface area contributed by atoms with Gasteiger partial charge >= 0.3 is 18.2 Å². The minimum absolute atomic E-state index is 0.143. The standard InChI is InChI=1S/C6H6F8O/c1-4(8,6(12,13)14)15-2-3(7)5(9,10)11/h3H,2H2,1H3. The van der Waals surface area contributed by atoms with Crippen LogP contribution in [0.1, 0.15) is 6.92 Å². The van der Waals surface area contributed by atoms with Crippen LogP contribution in [0.3, 0.4) is 0 Å². The molecule has 9 heteroatoms. The van der Waals surface area contributed by atoms with Gasteiger partial charge in [-0.2, -0.15) is 26.3 Å². The quantitative estimate of drug-likeness (QED) is 0.695. The monoisotopic (exact) mass is 246 g/mol. The summed E-state index contributed by atoms with van der Waals surface area (Å²) >= 11 is 0. The molecule has 0 aromatic rings. The Morgan fingerprint density at radius 2 is 1.40 bits per heavy atom. The van der Waals surface area contributed by atoms with Crippen LogP contribution < -0.4 is 0 Å². The lowest BCUT2D eigenvalue weighted by Gasteiger charge is -2.24. The van der Waals surface area contributed by atoms with Crippen LogP contribution in [0.5, 0.6) is 0 Å². The van der Waals surface area contributed by atoms with E-state index in [1.807, 2.05) is 0 Å². The Morgan fingerprint density at radius 1 is 1.00 bits per heavy atom. The molecule has 0 spiro atoms. The first-order chi connectivity index (χ1) is 6.38. The highest BCUT2D eigenvalue weighted by Crippen LogP contribution is 2.35. The molecule has 0 rings (SSSR count). The molecule has 1 nitrogen and oxygen atoms in total. The van der Waals surface area contributed by atoms with Gasteiger partial charge in [0.2, 0.25) is 6.17 Å². The Morgan fingerprint density at radius 3 is 1.67 bits per heavy atom. The molecular formula is C6H6F8O. The molecule has 2 unspecified atom stereocenters. The van der Waals surface area contributed by atoms with Crippen molar-refractivity contribution in [1.29, 1.82) is 0 Å². The Bertz CT molecular complexity index is 204. The van der Waals surface area contributed by atoms with Crippen molar-refractivity contribution in [3.63, 3.8) is 0 Å². The largest absolute Gasteiger partial charge is 0.448 e. The molecule has 0 fully saturated rings. The molecule has 92 valence electrons. The molecule has 0 aromatic carbocycles. The van der Waals surface area contributed by atoms with Crippen molar-refractivity contribution < 1.29 is 39.9 Å². The second kappa shape index (κ2) is 4.11. The predicted octanol–water partition coefficient (Wildman–Crippen LogP) is 3.15. The zero-order valence-corrected chi connectivity index (χ0v) is 7.22. The third-order valence-electron chi connectivity index (χ3n) is 1.36. The van der Waals surface area contributed by atoms with Crippen LogP contribution in [0.15, 0.2) is 0 Å². The van der Waals surface area contributed by atoms with Gasteiger partial charge in [-0.25, -0.2) is 8.78 Å². The number of alkyl halides is 8. The molecule has 0 amide bonds. The molecule has 0 saturated heterocycles. The Balaban J connectivity index is 4.29. The van der Waals surface area contributed by atoms with Crippen molar-refractivity contribution in [2.75, 3.05) is 6.61 Å². The summed E-state index contributed by atoms with van der Waals surface area (Å²) in [5.74, 6) is -4.30. The highest BCUT2D eigenvalue weighted by molar-refractivity contribution is 4.73. The summed E-state index contributed by atoms with van der Waals surface area (Å²) in [5, 5.41) is 0. The molecule has 15 heavy (non-hydrogen) atoms. The zero-order valence-electron chi connectivity index (χ0n) is 7.22. The maximum atomic E-state index is 12.5. The molecule has 0 bridgehead atoms. The van der Waals surface area contributed by atoms with Crippen molar-refractivity contribution in [3.8, 4) is 0 Å². The minimum atomic E-state index is -5.52. The van der Waals surface area contributed by atoms with Crippen LogP contribution >= 0.6 is 0 Å². The molecule has 0 radical (unpaired) electrons. The minimum Gasteiger partial charge on any atom is -0.336 e. The van der Waals surface area contributed by atoms with Crippen LogP contribution in [-0.4, -0.2) is 31.0 Å². The lowest BCUT2D eigenvalue weighted by molar-refractivity contribution is -0.333. The highest BCUT2D eigenvalue weighted by Gasteiger charge is 2.55. The van der Waals surface area contributed by atoms with Gasteiger partial charge in [0.1, 0.15) is 0 Å². The average Bonchev–Trinajstić information content (AvgIpc) is 1.96. The maximum absolute atomic E-state index is 12.5. The number of rotatable bonds is 3. The Kier molecular flexibility index (Phi) is 3.94. The van der Waals surface area contributed by atoms with E-state index in [0.717, 1.165) is 0 Å². The third kappa shape index (κ3) is 4.18. The van der Waals surface area contributed by atoms with Gasteiger partial charge in [0.15, 0.2) is 0 Å². The summed E-state index contributed by atoms with van der Waals surface area (Å²) in [6, 6.07) is 0. The van der Waals surface area contributed by atoms with Crippen LogP contribution in [0.4, 0.5) is 35.1 Å². The molecule has 0 aliphatic heterocycles. The molecule has 0 heterocycles. The number of hydrogen-bond donors (Lipinski definition) is 0. The maximum Gasteiger partial charge on any atom is 0.448 e.